The molecule has 3 aliphatic rings. The average molecular weight is 981 g/mol. The lowest BCUT2D eigenvalue weighted by Crippen LogP contribution is -2.60. The third-order valence-electron chi connectivity index (χ3n) is 14.2. The molecule has 3 aliphatic heterocycles. The lowest BCUT2D eigenvalue weighted by molar-refractivity contribution is -0.318. The number of ether oxygens (including phenoxy) is 6. The smallest absolute Gasteiger partial charge is 0.311 e. The Labute approximate surface area is 400 Å². The summed E-state index contributed by atoms with van der Waals surface area (Å²) in [6, 6.07) is 0.703. The first-order valence-corrected chi connectivity index (χ1v) is 24.0. The van der Waals surface area contributed by atoms with E-state index in [-0.39, 0.29) is 61.2 Å². The normalized spacial score (nSPS) is 41.0. The Kier molecular flexibility index (Phi) is 20.3. The zero-order chi connectivity index (χ0) is 50.5. The minimum absolute atomic E-state index is 0.0417. The molecule has 4 rings (SSSR count). The van der Waals surface area contributed by atoms with Crippen LogP contribution in [0.15, 0.2) is 12.1 Å². The van der Waals surface area contributed by atoms with E-state index in [4.69, 9.17) is 40.6 Å². The maximum atomic E-state index is 14.5. The number of cyclic esters (lactones) is 1. The van der Waals surface area contributed by atoms with Gasteiger partial charge in [0.1, 0.15) is 30.0 Å². The second kappa shape index (κ2) is 23.7. The van der Waals surface area contributed by atoms with Gasteiger partial charge in [-0.15, -0.1) is 0 Å². The molecular weight excluding hydrogens is 902 g/mol. The van der Waals surface area contributed by atoms with Crippen molar-refractivity contribution in [1.29, 1.82) is 0 Å². The van der Waals surface area contributed by atoms with Crippen LogP contribution < -0.4 is 10.6 Å². The predicted molar refractivity (Wildman–Crippen MR) is 248 cm³/mol. The standard InChI is InChI=1S/C47H79F3N4O12S/c1-14-33-47(10,60)39(56)28(6)54(19-15-18-51-44(67)52-31-17-16-30(48)35(49)36(31)50)23-24(2)21-45(8,59)41(66-43-37(55)32(53(11)12)20-25(3)62-43)26(4)38(27(5)42(58)64-33)65-34-22-46(9,61-13)40(57)29(7)63-34/h16-17,24-29,32-34,37-41,43,55-57,59-60H,14-15,18-23H2,1-13H3,(H2,51,52,67)/t24-,25-,26+,27-,28-,29+,32+,33-,34+,37-,38+,39-,40+,41-,43+,45-,46-,47-/m1/s1. The average Bonchev–Trinajstić information content (AvgIpc) is 3.25. The third-order valence-corrected chi connectivity index (χ3v) is 14.5. The fourth-order valence-corrected chi connectivity index (χ4v) is 10.4. The Morgan fingerprint density at radius 2 is 1.63 bits per heavy atom. The number of esters is 1. The van der Waals surface area contributed by atoms with Crippen LogP contribution in [0.3, 0.4) is 0 Å². The van der Waals surface area contributed by atoms with Gasteiger partial charge in [0.25, 0.3) is 0 Å². The van der Waals surface area contributed by atoms with Gasteiger partial charge in [-0.2, -0.15) is 0 Å². The molecule has 16 nitrogen and oxygen atoms in total. The maximum absolute atomic E-state index is 14.5. The highest BCUT2D eigenvalue weighted by Crippen LogP contribution is 2.40. The Morgan fingerprint density at radius 3 is 2.24 bits per heavy atom. The van der Waals surface area contributed by atoms with Gasteiger partial charge in [-0.1, -0.05) is 20.8 Å². The predicted octanol–water partition coefficient (Wildman–Crippen LogP) is 4.06. The number of carbonyl (C=O) groups excluding carboxylic acids is 1. The third kappa shape index (κ3) is 13.8. The second-order valence-corrected chi connectivity index (χ2v) is 20.6. The lowest BCUT2D eigenvalue weighted by atomic mass is 9.77. The van der Waals surface area contributed by atoms with Crippen LogP contribution in [0.25, 0.3) is 0 Å². The molecule has 386 valence electrons. The Balaban J connectivity index is 1.73. The number of aliphatic hydroxyl groups is 5. The number of halogens is 3. The Hall–Kier alpha value is -2.31. The highest BCUT2D eigenvalue weighted by atomic mass is 32.1. The quantitative estimate of drug-likeness (QED) is 0.0683. The first-order valence-electron chi connectivity index (χ1n) is 23.5. The van der Waals surface area contributed by atoms with Gasteiger partial charge in [0.2, 0.25) is 0 Å². The number of thiocarbonyl (C=S) groups is 1. The summed E-state index contributed by atoms with van der Waals surface area (Å²) in [5.74, 6) is -7.45. The van der Waals surface area contributed by atoms with E-state index in [9.17, 15) is 43.5 Å². The fraction of sp³-hybridized carbons (Fsp3) is 0.830. The van der Waals surface area contributed by atoms with E-state index < -0.39 is 113 Å². The van der Waals surface area contributed by atoms with Crippen LogP contribution in [0.1, 0.15) is 101 Å². The maximum Gasteiger partial charge on any atom is 0.311 e. The molecule has 0 aliphatic carbocycles. The van der Waals surface area contributed by atoms with Gasteiger partial charge in [-0.05, 0) is 119 Å². The molecule has 0 saturated carbocycles. The first-order chi connectivity index (χ1) is 31.1. The minimum Gasteiger partial charge on any atom is -0.459 e. The number of nitrogens with zero attached hydrogens (tertiary/aromatic N) is 2. The number of hydrogen-bond donors (Lipinski definition) is 7. The van der Waals surface area contributed by atoms with Crippen LogP contribution in [0.4, 0.5) is 18.9 Å². The summed E-state index contributed by atoms with van der Waals surface area (Å²) >= 11 is 5.30. The van der Waals surface area contributed by atoms with E-state index in [0.717, 1.165) is 12.1 Å². The van der Waals surface area contributed by atoms with E-state index in [2.05, 4.69) is 10.6 Å². The molecule has 20 heteroatoms. The van der Waals surface area contributed by atoms with Crippen molar-refractivity contribution in [3.05, 3.63) is 29.6 Å². The molecule has 3 heterocycles. The molecule has 0 bridgehead atoms. The van der Waals surface area contributed by atoms with Gasteiger partial charge in [-0.3, -0.25) is 9.69 Å². The number of rotatable bonds is 12. The number of aliphatic hydroxyl groups excluding tert-OH is 3. The van der Waals surface area contributed by atoms with Crippen molar-refractivity contribution in [2.75, 3.05) is 46.2 Å². The van der Waals surface area contributed by atoms with E-state index in [1.807, 2.05) is 37.7 Å². The van der Waals surface area contributed by atoms with Crippen LogP contribution in [0.5, 0.6) is 0 Å². The summed E-state index contributed by atoms with van der Waals surface area (Å²) in [4.78, 5) is 18.3. The van der Waals surface area contributed by atoms with Gasteiger partial charge in [0.15, 0.2) is 35.1 Å². The minimum atomic E-state index is -1.98. The van der Waals surface area contributed by atoms with Gasteiger partial charge in [-0.25, -0.2) is 13.2 Å². The molecule has 0 spiro atoms. The molecule has 18 atom stereocenters. The Bertz CT molecular complexity index is 1790. The van der Waals surface area contributed by atoms with Crippen LogP contribution in [-0.4, -0.2) is 178 Å². The van der Waals surface area contributed by atoms with Gasteiger partial charge >= 0.3 is 5.97 Å². The zero-order valence-corrected chi connectivity index (χ0v) is 42.3. The van der Waals surface area contributed by atoms with Crippen molar-refractivity contribution in [2.24, 2.45) is 17.8 Å². The molecule has 1 aromatic carbocycles. The molecule has 3 saturated heterocycles. The van der Waals surface area contributed by atoms with Crippen LogP contribution in [0, 0.1) is 35.2 Å². The van der Waals surface area contributed by atoms with E-state index >= 15 is 0 Å². The van der Waals surface area contributed by atoms with Crippen molar-refractivity contribution >= 4 is 29.0 Å². The van der Waals surface area contributed by atoms with E-state index in [1.54, 1.807) is 48.5 Å². The first kappa shape index (κ1) is 57.3. The van der Waals surface area contributed by atoms with Crippen molar-refractivity contribution in [2.45, 2.75) is 192 Å². The summed E-state index contributed by atoms with van der Waals surface area (Å²) in [5, 5.41) is 65.2. The van der Waals surface area contributed by atoms with Crippen molar-refractivity contribution in [1.82, 2.24) is 15.1 Å². The lowest BCUT2D eigenvalue weighted by Gasteiger charge is -2.48. The largest absolute Gasteiger partial charge is 0.459 e. The van der Waals surface area contributed by atoms with Gasteiger partial charge in [0, 0.05) is 51.2 Å². The highest BCUT2D eigenvalue weighted by Gasteiger charge is 2.53. The molecule has 0 amide bonds. The number of carbonyl (C=O) groups is 1. The number of methoxy groups -OCH3 is 1. The Morgan fingerprint density at radius 1 is 0.970 bits per heavy atom. The molecule has 3 fully saturated rings. The van der Waals surface area contributed by atoms with Crippen LogP contribution in [-0.2, 0) is 33.2 Å². The highest BCUT2D eigenvalue weighted by molar-refractivity contribution is 7.80. The fourth-order valence-electron chi connectivity index (χ4n) is 10.2. The van der Waals surface area contributed by atoms with Crippen molar-refractivity contribution in [3.63, 3.8) is 0 Å². The molecule has 7 N–H and O–H groups in total. The molecule has 1 aromatic rings. The summed E-state index contributed by atoms with van der Waals surface area (Å²) in [6.07, 6.45) is -9.19. The number of hydrogen-bond acceptors (Lipinski definition) is 15. The van der Waals surface area contributed by atoms with E-state index in [1.165, 1.54) is 14.0 Å². The summed E-state index contributed by atoms with van der Waals surface area (Å²) in [6.45, 7) is 17.9. The topological polar surface area (TPSA) is 204 Å². The monoisotopic (exact) mass is 981 g/mol. The number of likely N-dealkylation sites (N-methyl/N-ethyl adjacent to an activating group) is 1. The summed E-state index contributed by atoms with van der Waals surface area (Å²) in [5.41, 5.74) is -5.12. The molecule has 0 unspecified atom stereocenters. The number of nitrogens with one attached hydrogen (secondary N) is 2. The van der Waals surface area contributed by atoms with Crippen LogP contribution in [0.2, 0.25) is 0 Å². The molecule has 0 radical (unpaired) electrons. The zero-order valence-electron chi connectivity index (χ0n) is 41.5. The van der Waals surface area contributed by atoms with Crippen molar-refractivity contribution in [3.8, 4) is 0 Å². The molecule has 0 aromatic heterocycles. The van der Waals surface area contributed by atoms with Gasteiger partial charge < -0.3 is 69.5 Å². The summed E-state index contributed by atoms with van der Waals surface area (Å²) in [7, 11) is 5.18. The number of benzene rings is 1. The van der Waals surface area contributed by atoms with Gasteiger partial charge in [0.05, 0.1) is 47.2 Å². The van der Waals surface area contributed by atoms with Crippen molar-refractivity contribution < 1.29 is 71.9 Å². The molecule has 67 heavy (non-hydrogen) atoms. The second-order valence-electron chi connectivity index (χ2n) is 20.2. The molecular formula is C47H79F3N4O12S. The number of anilines is 1. The SMILES string of the molecule is CC[C@H]1OC(=O)[C@H](C)[C@@H](O[C@H]2C[C@@](C)(OC)[C@@H](O)[C@H](C)O2)[C@H](C)[C@@H](O[C@@H]2O[C@H](C)C[C@H](N(C)C)[C@H]2O)[C@](C)(O)C[C@@H](C)CN(CCCNC(=S)Nc2ccc(F)c(F)c2F)[C@H](C)[C@@H](O)[C@]1(C)O. The summed E-state index contributed by atoms with van der Waals surface area (Å²) < 4.78 is 79.6. The van der Waals surface area contributed by atoms with E-state index in [0.29, 0.717) is 19.4 Å². The van der Waals surface area contributed by atoms with Crippen LogP contribution >= 0.6 is 12.2 Å².